The van der Waals surface area contributed by atoms with Crippen LogP contribution in [0.15, 0.2) is 18.2 Å². The van der Waals surface area contributed by atoms with Crippen LogP contribution in [0.2, 0.25) is 0 Å². The van der Waals surface area contributed by atoms with Gasteiger partial charge in [0.2, 0.25) is 5.88 Å². The normalized spacial score (nSPS) is 11.4. The highest BCUT2D eigenvalue weighted by molar-refractivity contribution is 5.82. The van der Waals surface area contributed by atoms with Crippen LogP contribution in [-0.4, -0.2) is 21.5 Å². The topological polar surface area (TPSA) is 39.4 Å². The largest absolute Gasteiger partial charge is 0.479 e. The molecule has 3 rings (SSSR count). The second-order valence-corrected chi connectivity index (χ2v) is 4.80. The van der Waals surface area contributed by atoms with E-state index in [0.717, 1.165) is 35.4 Å². The number of fused-ring (bicyclic) bond motifs is 3. The summed E-state index contributed by atoms with van der Waals surface area (Å²) >= 11 is 0. The van der Waals surface area contributed by atoms with Crippen LogP contribution in [0.4, 0.5) is 4.39 Å². The van der Waals surface area contributed by atoms with Gasteiger partial charge in [0, 0.05) is 12.5 Å². The van der Waals surface area contributed by atoms with Gasteiger partial charge in [-0.25, -0.2) is 14.4 Å². The highest BCUT2D eigenvalue weighted by atomic mass is 19.1. The zero-order valence-corrected chi connectivity index (χ0v) is 11.8. The fraction of sp³-hybridized carbons (Fsp3) is 0.333. The standard InChI is InChI=1S/C15H16FN3O/c1-4-5-13-17-9(2)14-15(20-3)18-11-7-6-10(16)8-12(11)19(13)14/h6-8H,4-5H2,1-3H3. The Hall–Kier alpha value is -2.17. The Kier molecular flexibility index (Phi) is 3.04. The maximum Gasteiger partial charge on any atom is 0.240 e. The molecule has 5 heteroatoms. The molecule has 0 amide bonds. The quantitative estimate of drug-likeness (QED) is 0.735. The molecular weight excluding hydrogens is 257 g/mol. The van der Waals surface area contributed by atoms with Crippen molar-refractivity contribution in [2.24, 2.45) is 0 Å². The monoisotopic (exact) mass is 273 g/mol. The molecule has 4 nitrogen and oxygen atoms in total. The maximum absolute atomic E-state index is 13.6. The Bertz CT molecular complexity index is 795. The van der Waals surface area contributed by atoms with E-state index >= 15 is 0 Å². The molecule has 20 heavy (non-hydrogen) atoms. The minimum Gasteiger partial charge on any atom is -0.479 e. The minimum absolute atomic E-state index is 0.278. The molecule has 0 aliphatic heterocycles. The number of imidazole rings is 1. The lowest BCUT2D eigenvalue weighted by Crippen LogP contribution is -2.00. The van der Waals surface area contributed by atoms with Crippen molar-refractivity contribution < 1.29 is 9.13 Å². The summed E-state index contributed by atoms with van der Waals surface area (Å²) in [5, 5.41) is 0. The van der Waals surface area contributed by atoms with Gasteiger partial charge in [0.1, 0.15) is 17.2 Å². The van der Waals surface area contributed by atoms with E-state index in [9.17, 15) is 4.39 Å². The summed E-state index contributed by atoms with van der Waals surface area (Å²) in [6, 6.07) is 4.57. The summed E-state index contributed by atoms with van der Waals surface area (Å²) in [6.07, 6.45) is 1.80. The van der Waals surface area contributed by atoms with Gasteiger partial charge >= 0.3 is 0 Å². The molecule has 0 saturated heterocycles. The molecule has 1 aromatic carbocycles. The van der Waals surface area contributed by atoms with Crippen molar-refractivity contribution in [2.45, 2.75) is 26.7 Å². The Labute approximate surface area is 116 Å². The lowest BCUT2D eigenvalue weighted by molar-refractivity contribution is 0.403. The van der Waals surface area contributed by atoms with Crippen LogP contribution >= 0.6 is 0 Å². The SMILES string of the molecule is CCCc1nc(C)c2c(OC)nc3ccc(F)cc3n12. The number of aromatic nitrogens is 3. The van der Waals surface area contributed by atoms with E-state index in [2.05, 4.69) is 16.9 Å². The van der Waals surface area contributed by atoms with Crippen molar-refractivity contribution in [1.82, 2.24) is 14.4 Å². The van der Waals surface area contributed by atoms with Gasteiger partial charge in [0.05, 0.1) is 23.8 Å². The van der Waals surface area contributed by atoms with Gasteiger partial charge in [-0.05, 0) is 25.5 Å². The molecule has 0 radical (unpaired) electrons. The summed E-state index contributed by atoms with van der Waals surface area (Å²) in [7, 11) is 1.59. The molecule has 2 heterocycles. The number of hydrogen-bond donors (Lipinski definition) is 0. The van der Waals surface area contributed by atoms with Gasteiger partial charge in [-0.3, -0.25) is 4.40 Å². The Balaban J connectivity index is 2.51. The Morgan fingerprint density at radius 1 is 1.30 bits per heavy atom. The van der Waals surface area contributed by atoms with Crippen molar-refractivity contribution in [1.29, 1.82) is 0 Å². The molecule has 0 unspecified atom stereocenters. The number of hydrogen-bond acceptors (Lipinski definition) is 3. The number of aryl methyl sites for hydroxylation is 2. The van der Waals surface area contributed by atoms with Crippen LogP contribution in [0, 0.1) is 12.7 Å². The Morgan fingerprint density at radius 3 is 2.80 bits per heavy atom. The first-order valence-corrected chi connectivity index (χ1v) is 6.67. The van der Waals surface area contributed by atoms with E-state index in [-0.39, 0.29) is 5.82 Å². The summed E-state index contributed by atoms with van der Waals surface area (Å²) < 4.78 is 20.9. The van der Waals surface area contributed by atoms with Crippen molar-refractivity contribution in [3.63, 3.8) is 0 Å². The van der Waals surface area contributed by atoms with E-state index < -0.39 is 0 Å². The van der Waals surface area contributed by atoms with Crippen molar-refractivity contribution >= 4 is 16.6 Å². The summed E-state index contributed by atoms with van der Waals surface area (Å²) in [6.45, 7) is 4.02. The average Bonchev–Trinajstić information content (AvgIpc) is 2.76. The van der Waals surface area contributed by atoms with E-state index in [1.54, 1.807) is 13.2 Å². The summed E-state index contributed by atoms with van der Waals surface area (Å²) in [5.41, 5.74) is 3.09. The van der Waals surface area contributed by atoms with Crippen molar-refractivity contribution in [2.75, 3.05) is 7.11 Å². The molecule has 3 aromatic rings. The Morgan fingerprint density at radius 2 is 2.10 bits per heavy atom. The molecule has 0 spiro atoms. The van der Waals surface area contributed by atoms with Crippen LogP contribution in [-0.2, 0) is 6.42 Å². The number of ether oxygens (including phenoxy) is 1. The molecule has 0 fully saturated rings. The number of benzene rings is 1. The zero-order chi connectivity index (χ0) is 14.3. The predicted molar refractivity (Wildman–Crippen MR) is 75.7 cm³/mol. The van der Waals surface area contributed by atoms with Crippen molar-refractivity contribution in [3.8, 4) is 5.88 Å². The van der Waals surface area contributed by atoms with E-state index in [0.29, 0.717) is 11.4 Å². The lowest BCUT2D eigenvalue weighted by Gasteiger charge is -2.09. The van der Waals surface area contributed by atoms with Crippen LogP contribution in [0.5, 0.6) is 5.88 Å². The van der Waals surface area contributed by atoms with E-state index in [1.807, 2.05) is 11.3 Å². The molecule has 0 bridgehead atoms. The van der Waals surface area contributed by atoms with Gasteiger partial charge in [-0.15, -0.1) is 0 Å². The molecule has 0 aliphatic rings. The molecule has 2 aromatic heterocycles. The molecule has 0 saturated carbocycles. The van der Waals surface area contributed by atoms with Gasteiger partial charge in [-0.1, -0.05) is 6.92 Å². The van der Waals surface area contributed by atoms with Crippen LogP contribution in [0.3, 0.4) is 0 Å². The van der Waals surface area contributed by atoms with E-state index in [4.69, 9.17) is 4.74 Å². The minimum atomic E-state index is -0.278. The fourth-order valence-electron chi connectivity index (χ4n) is 2.56. The smallest absolute Gasteiger partial charge is 0.240 e. The molecular formula is C15H16FN3O. The van der Waals surface area contributed by atoms with Crippen LogP contribution in [0.1, 0.15) is 24.9 Å². The maximum atomic E-state index is 13.6. The van der Waals surface area contributed by atoms with Crippen molar-refractivity contribution in [3.05, 3.63) is 35.5 Å². The van der Waals surface area contributed by atoms with Crippen LogP contribution in [0.25, 0.3) is 16.6 Å². The third-order valence-corrected chi connectivity index (χ3v) is 3.39. The summed E-state index contributed by atoms with van der Waals surface area (Å²) in [5.74, 6) is 1.16. The van der Waals surface area contributed by atoms with Crippen LogP contribution < -0.4 is 4.74 Å². The second-order valence-electron chi connectivity index (χ2n) is 4.80. The van der Waals surface area contributed by atoms with Gasteiger partial charge in [0.25, 0.3) is 0 Å². The number of methoxy groups -OCH3 is 1. The van der Waals surface area contributed by atoms with Gasteiger partial charge < -0.3 is 4.74 Å². The first-order valence-electron chi connectivity index (χ1n) is 6.67. The number of rotatable bonds is 3. The summed E-state index contributed by atoms with van der Waals surface area (Å²) in [4.78, 5) is 9.04. The molecule has 104 valence electrons. The second kappa shape index (κ2) is 4.74. The van der Waals surface area contributed by atoms with Gasteiger partial charge in [0.15, 0.2) is 0 Å². The number of nitrogens with zero attached hydrogens (tertiary/aromatic N) is 3. The fourth-order valence-corrected chi connectivity index (χ4v) is 2.56. The average molecular weight is 273 g/mol. The highest BCUT2D eigenvalue weighted by Gasteiger charge is 2.17. The van der Waals surface area contributed by atoms with Gasteiger partial charge in [-0.2, -0.15) is 0 Å². The first kappa shape index (κ1) is 12.8. The predicted octanol–water partition coefficient (Wildman–Crippen LogP) is 3.29. The van der Waals surface area contributed by atoms with E-state index in [1.165, 1.54) is 12.1 Å². The first-order chi connectivity index (χ1) is 9.65. The highest BCUT2D eigenvalue weighted by Crippen LogP contribution is 2.28. The lowest BCUT2D eigenvalue weighted by atomic mass is 10.2. The molecule has 0 N–H and O–H groups in total. The zero-order valence-electron chi connectivity index (χ0n) is 11.8. The molecule has 0 atom stereocenters. The third kappa shape index (κ3) is 1.81. The number of halogens is 1. The third-order valence-electron chi connectivity index (χ3n) is 3.39. The molecule has 0 aliphatic carbocycles.